The van der Waals surface area contributed by atoms with Gasteiger partial charge in [-0.25, -0.2) is 4.79 Å². The number of carbonyl (C=O) groups is 1. The van der Waals surface area contributed by atoms with Crippen molar-refractivity contribution in [1.82, 2.24) is 9.97 Å². The van der Waals surface area contributed by atoms with E-state index in [2.05, 4.69) is 20.6 Å². The highest BCUT2D eigenvalue weighted by atomic mass is 35.5. The fourth-order valence-corrected chi connectivity index (χ4v) is 2.90. The molecule has 1 aromatic carbocycles. The van der Waals surface area contributed by atoms with E-state index in [9.17, 15) is 4.79 Å². The number of ether oxygens (including phenoxy) is 1. The number of methoxy groups -OCH3 is 1. The van der Waals surface area contributed by atoms with Gasteiger partial charge in [-0.15, -0.1) is 0 Å². The van der Waals surface area contributed by atoms with E-state index in [4.69, 9.17) is 16.3 Å². The molecule has 0 saturated heterocycles. The highest BCUT2D eigenvalue weighted by Crippen LogP contribution is 2.37. The molecule has 0 unspecified atom stereocenters. The number of nitrogens with zero attached hydrogens (tertiary/aromatic N) is 2. The van der Waals surface area contributed by atoms with Crippen LogP contribution in [0.25, 0.3) is 10.9 Å². The zero-order valence-electron chi connectivity index (χ0n) is 14.7. The van der Waals surface area contributed by atoms with Crippen LogP contribution >= 0.6 is 11.6 Å². The first-order valence-corrected chi connectivity index (χ1v) is 8.40. The molecule has 0 bridgehead atoms. The van der Waals surface area contributed by atoms with Crippen LogP contribution in [-0.2, 0) is 10.3 Å². The molecule has 6 nitrogen and oxygen atoms in total. The topological polar surface area (TPSA) is 76.1 Å². The van der Waals surface area contributed by atoms with Gasteiger partial charge in [0.05, 0.1) is 34.9 Å². The van der Waals surface area contributed by atoms with Crippen molar-refractivity contribution in [1.29, 1.82) is 0 Å². The van der Waals surface area contributed by atoms with E-state index in [1.807, 2.05) is 26.0 Å². The molecule has 2 aromatic heterocycles. The molecule has 0 fully saturated rings. The normalized spacial score (nSPS) is 11.4. The lowest BCUT2D eigenvalue weighted by Crippen LogP contribution is -2.26. The first-order chi connectivity index (χ1) is 12.4. The molecule has 2 N–H and O–H groups in total. The summed E-state index contributed by atoms with van der Waals surface area (Å²) in [5.41, 5.74) is 2.05. The smallest absolute Gasteiger partial charge is 0.323 e. The highest BCUT2D eigenvalue weighted by molar-refractivity contribution is 6.31. The number of aromatic nitrogens is 2. The van der Waals surface area contributed by atoms with Crippen LogP contribution in [0.1, 0.15) is 19.4 Å². The summed E-state index contributed by atoms with van der Waals surface area (Å²) in [7, 11) is 1.62. The Hall–Kier alpha value is -2.70. The van der Waals surface area contributed by atoms with Crippen molar-refractivity contribution < 1.29 is 9.53 Å². The standard InChI is InChI=1S/C19H19ClN4O2/c1-19(2,26-3)17-14-9-12(20)6-7-15(14)22-11-16(17)24-18(25)23-13-5-4-8-21-10-13/h4-11H,1-3H3,(H2,23,24,25). The second-order valence-electron chi connectivity index (χ2n) is 6.24. The van der Waals surface area contributed by atoms with Gasteiger partial charge in [-0.1, -0.05) is 11.6 Å². The third kappa shape index (κ3) is 3.76. The molecule has 0 aliphatic rings. The van der Waals surface area contributed by atoms with Crippen LogP contribution in [0.4, 0.5) is 16.2 Å². The van der Waals surface area contributed by atoms with Crippen molar-refractivity contribution in [2.24, 2.45) is 0 Å². The number of fused-ring (bicyclic) bond motifs is 1. The van der Waals surface area contributed by atoms with Gasteiger partial charge in [0.25, 0.3) is 0 Å². The average Bonchev–Trinajstić information content (AvgIpc) is 2.61. The van der Waals surface area contributed by atoms with E-state index in [0.717, 1.165) is 16.5 Å². The zero-order chi connectivity index (χ0) is 18.7. The molecular weight excluding hydrogens is 352 g/mol. The molecule has 3 aromatic rings. The molecule has 0 aliphatic heterocycles. The molecule has 2 heterocycles. The molecule has 0 atom stereocenters. The molecule has 0 spiro atoms. The molecule has 134 valence electrons. The molecular formula is C19H19ClN4O2. The number of hydrogen-bond donors (Lipinski definition) is 2. The van der Waals surface area contributed by atoms with E-state index in [1.54, 1.807) is 43.9 Å². The number of pyridine rings is 2. The van der Waals surface area contributed by atoms with E-state index >= 15 is 0 Å². The number of carbonyl (C=O) groups excluding carboxylic acids is 1. The van der Waals surface area contributed by atoms with Gasteiger partial charge >= 0.3 is 6.03 Å². The van der Waals surface area contributed by atoms with Gasteiger partial charge in [0.2, 0.25) is 0 Å². The number of hydrogen-bond acceptors (Lipinski definition) is 4. The number of halogens is 1. The Morgan fingerprint density at radius 3 is 2.69 bits per heavy atom. The molecule has 7 heteroatoms. The SMILES string of the molecule is COC(C)(C)c1c(NC(=O)Nc2cccnc2)cnc2ccc(Cl)cc12. The summed E-state index contributed by atoms with van der Waals surface area (Å²) in [5, 5.41) is 7.00. The summed E-state index contributed by atoms with van der Waals surface area (Å²) in [6.45, 7) is 3.85. The average molecular weight is 371 g/mol. The summed E-state index contributed by atoms with van der Waals surface area (Å²) < 4.78 is 5.66. The lowest BCUT2D eigenvalue weighted by Gasteiger charge is -2.27. The molecule has 26 heavy (non-hydrogen) atoms. The second-order valence-corrected chi connectivity index (χ2v) is 6.68. The van der Waals surface area contributed by atoms with E-state index < -0.39 is 11.6 Å². The van der Waals surface area contributed by atoms with Crippen LogP contribution in [0, 0.1) is 0 Å². The van der Waals surface area contributed by atoms with Crippen molar-refractivity contribution in [3.63, 3.8) is 0 Å². The number of anilines is 2. The monoisotopic (exact) mass is 370 g/mol. The van der Waals surface area contributed by atoms with E-state index in [-0.39, 0.29) is 0 Å². The Labute approximate surface area is 156 Å². The number of rotatable bonds is 4. The van der Waals surface area contributed by atoms with Crippen molar-refractivity contribution in [2.45, 2.75) is 19.4 Å². The second kappa shape index (κ2) is 7.27. The van der Waals surface area contributed by atoms with E-state index in [1.165, 1.54) is 0 Å². The first kappa shape index (κ1) is 18.1. The third-order valence-electron chi connectivity index (χ3n) is 4.11. The van der Waals surface area contributed by atoms with E-state index in [0.29, 0.717) is 16.4 Å². The van der Waals surface area contributed by atoms with Crippen LogP contribution < -0.4 is 10.6 Å². The molecule has 2 amide bonds. The number of amides is 2. The van der Waals surface area contributed by atoms with Gasteiger partial charge in [-0.3, -0.25) is 9.97 Å². The lowest BCUT2D eigenvalue weighted by molar-refractivity contribution is 0.0211. The quantitative estimate of drug-likeness (QED) is 0.691. The van der Waals surface area contributed by atoms with Crippen molar-refractivity contribution in [3.05, 3.63) is 59.5 Å². The summed E-state index contributed by atoms with van der Waals surface area (Å²) >= 11 is 6.17. The minimum Gasteiger partial charge on any atom is -0.374 e. The number of benzene rings is 1. The minimum atomic E-state index is -0.664. The first-order valence-electron chi connectivity index (χ1n) is 8.02. The fraction of sp³-hybridized carbons (Fsp3) is 0.211. The van der Waals surface area contributed by atoms with Crippen LogP contribution in [0.15, 0.2) is 48.9 Å². The van der Waals surface area contributed by atoms with Gasteiger partial charge in [-0.05, 0) is 44.2 Å². The minimum absolute atomic E-state index is 0.394. The van der Waals surface area contributed by atoms with Crippen LogP contribution in [-0.4, -0.2) is 23.1 Å². The Bertz CT molecular complexity index is 945. The Balaban J connectivity index is 2.02. The molecule has 0 saturated carbocycles. The molecule has 0 aliphatic carbocycles. The number of urea groups is 1. The summed E-state index contributed by atoms with van der Waals surface area (Å²) in [6.07, 6.45) is 4.83. The fourth-order valence-electron chi connectivity index (χ4n) is 2.73. The Morgan fingerprint density at radius 2 is 2.00 bits per heavy atom. The summed E-state index contributed by atoms with van der Waals surface area (Å²) in [5.74, 6) is 0. The van der Waals surface area contributed by atoms with Gasteiger partial charge in [0.15, 0.2) is 0 Å². The largest absolute Gasteiger partial charge is 0.374 e. The molecule has 0 radical (unpaired) electrons. The van der Waals surface area contributed by atoms with Gasteiger partial charge in [0.1, 0.15) is 0 Å². The van der Waals surface area contributed by atoms with Gasteiger partial charge in [-0.2, -0.15) is 0 Å². The maximum Gasteiger partial charge on any atom is 0.323 e. The highest BCUT2D eigenvalue weighted by Gasteiger charge is 2.27. The summed E-state index contributed by atoms with van der Waals surface area (Å²) in [4.78, 5) is 20.8. The zero-order valence-corrected chi connectivity index (χ0v) is 15.5. The summed E-state index contributed by atoms with van der Waals surface area (Å²) in [6, 6.07) is 8.55. The van der Waals surface area contributed by atoms with Gasteiger partial charge in [0, 0.05) is 29.3 Å². The van der Waals surface area contributed by atoms with Crippen LogP contribution in [0.3, 0.4) is 0 Å². The van der Waals surface area contributed by atoms with Crippen molar-refractivity contribution in [3.8, 4) is 0 Å². The maximum absolute atomic E-state index is 12.4. The molecule has 3 rings (SSSR count). The number of nitrogens with one attached hydrogen (secondary N) is 2. The van der Waals surface area contributed by atoms with Crippen LogP contribution in [0.2, 0.25) is 5.02 Å². The Kier molecular flexibility index (Phi) is 5.06. The van der Waals surface area contributed by atoms with Crippen molar-refractivity contribution >= 4 is 39.9 Å². The van der Waals surface area contributed by atoms with Crippen LogP contribution in [0.5, 0.6) is 0 Å². The van der Waals surface area contributed by atoms with Crippen molar-refractivity contribution in [2.75, 3.05) is 17.7 Å². The predicted molar refractivity (Wildman–Crippen MR) is 104 cm³/mol. The lowest BCUT2D eigenvalue weighted by atomic mass is 9.92. The predicted octanol–water partition coefficient (Wildman–Crippen LogP) is 4.81. The Morgan fingerprint density at radius 1 is 1.19 bits per heavy atom. The van der Waals surface area contributed by atoms with Gasteiger partial charge < -0.3 is 15.4 Å². The maximum atomic E-state index is 12.4. The third-order valence-corrected chi connectivity index (χ3v) is 4.35.